The Hall–Kier alpha value is -2.62. The number of carbonyl (C=O) groups is 1. The summed E-state index contributed by atoms with van der Waals surface area (Å²) in [6.07, 6.45) is -1.19. The number of rotatable bonds is 4. The van der Waals surface area contributed by atoms with Gasteiger partial charge in [-0.3, -0.25) is 4.79 Å². The summed E-state index contributed by atoms with van der Waals surface area (Å²) >= 11 is 0. The summed E-state index contributed by atoms with van der Waals surface area (Å²) in [6.45, 7) is 0. The van der Waals surface area contributed by atoms with Crippen LogP contribution in [-0.4, -0.2) is 10.9 Å². The van der Waals surface area contributed by atoms with Crippen molar-refractivity contribution in [2.45, 2.75) is 6.10 Å². The van der Waals surface area contributed by atoms with Crippen molar-refractivity contribution in [2.75, 3.05) is 0 Å². The zero-order chi connectivity index (χ0) is 13.7. The van der Waals surface area contributed by atoms with Gasteiger partial charge in [-0.1, -0.05) is 59.7 Å². The van der Waals surface area contributed by atoms with Crippen molar-refractivity contribution >= 4 is 11.5 Å². The first-order valence-corrected chi connectivity index (χ1v) is 5.65. The number of aliphatic hydroxyl groups is 1. The Morgan fingerprint density at radius 2 is 1.74 bits per heavy atom. The zero-order valence-electron chi connectivity index (χ0n) is 9.97. The lowest BCUT2D eigenvalue weighted by Gasteiger charge is -2.09. The van der Waals surface area contributed by atoms with Gasteiger partial charge in [0.1, 0.15) is 6.10 Å². The van der Waals surface area contributed by atoms with Gasteiger partial charge in [-0.2, -0.15) is 0 Å². The van der Waals surface area contributed by atoms with E-state index in [1.165, 1.54) is 24.3 Å². The highest BCUT2D eigenvalue weighted by atomic mass is 16.3. The van der Waals surface area contributed by atoms with Crippen LogP contribution in [0.1, 0.15) is 22.0 Å². The van der Waals surface area contributed by atoms with Crippen LogP contribution in [0.2, 0.25) is 0 Å². The molecule has 1 atom stereocenters. The molecular formula is C14H11N3O2. The van der Waals surface area contributed by atoms with E-state index in [1.54, 1.807) is 24.3 Å². The van der Waals surface area contributed by atoms with E-state index in [1.807, 2.05) is 6.07 Å². The number of nitrogens with zero attached hydrogens (tertiary/aromatic N) is 3. The fourth-order valence-corrected chi connectivity index (χ4v) is 1.69. The third-order valence-corrected chi connectivity index (χ3v) is 2.68. The molecule has 0 fully saturated rings. The molecule has 0 saturated heterocycles. The molecule has 0 aliphatic carbocycles. The Labute approximate surface area is 109 Å². The Balaban J connectivity index is 2.22. The van der Waals surface area contributed by atoms with E-state index < -0.39 is 11.9 Å². The second-order valence-electron chi connectivity index (χ2n) is 3.91. The molecule has 5 heteroatoms. The maximum absolute atomic E-state index is 12.1. The summed E-state index contributed by atoms with van der Waals surface area (Å²) in [5.74, 6) is -0.390. The van der Waals surface area contributed by atoms with Gasteiger partial charge in [0.2, 0.25) is 0 Å². The molecular weight excluding hydrogens is 242 g/mol. The topological polar surface area (TPSA) is 86.1 Å². The van der Waals surface area contributed by atoms with Gasteiger partial charge in [0.25, 0.3) is 0 Å². The third-order valence-electron chi connectivity index (χ3n) is 2.68. The second kappa shape index (κ2) is 5.82. The number of benzene rings is 2. The first-order valence-electron chi connectivity index (χ1n) is 5.65. The van der Waals surface area contributed by atoms with Crippen molar-refractivity contribution < 1.29 is 9.90 Å². The molecule has 0 radical (unpaired) electrons. The van der Waals surface area contributed by atoms with Gasteiger partial charge >= 0.3 is 0 Å². The van der Waals surface area contributed by atoms with Crippen LogP contribution in [0.4, 0.5) is 5.69 Å². The largest absolute Gasteiger partial charge is 0.380 e. The summed E-state index contributed by atoms with van der Waals surface area (Å²) in [4.78, 5) is 14.7. The lowest BCUT2D eigenvalue weighted by molar-refractivity contribution is 0.0747. The van der Waals surface area contributed by atoms with Gasteiger partial charge in [-0.05, 0) is 11.1 Å². The molecule has 94 valence electrons. The highest BCUT2D eigenvalue weighted by Gasteiger charge is 2.18. The molecule has 1 unspecified atom stereocenters. The lowest BCUT2D eigenvalue weighted by atomic mass is 10.00. The lowest BCUT2D eigenvalue weighted by Crippen LogP contribution is -2.11. The molecule has 0 aliphatic heterocycles. The molecule has 0 spiro atoms. The molecule has 5 nitrogen and oxygen atoms in total. The van der Waals surface area contributed by atoms with Gasteiger partial charge in [-0.25, -0.2) is 0 Å². The first kappa shape index (κ1) is 12.8. The molecule has 0 heterocycles. The molecule has 0 saturated carbocycles. The summed E-state index contributed by atoms with van der Waals surface area (Å²) in [5, 5.41) is 13.4. The third kappa shape index (κ3) is 2.98. The zero-order valence-corrected chi connectivity index (χ0v) is 9.97. The van der Waals surface area contributed by atoms with Crippen molar-refractivity contribution in [1.29, 1.82) is 0 Å². The van der Waals surface area contributed by atoms with Crippen LogP contribution < -0.4 is 0 Å². The van der Waals surface area contributed by atoms with Crippen LogP contribution in [0.15, 0.2) is 59.7 Å². The number of hydrogen-bond acceptors (Lipinski definition) is 3. The fourth-order valence-electron chi connectivity index (χ4n) is 1.69. The molecule has 0 bridgehead atoms. The Morgan fingerprint density at radius 1 is 1.11 bits per heavy atom. The summed E-state index contributed by atoms with van der Waals surface area (Å²) in [6, 6.07) is 14.8. The SMILES string of the molecule is [N-]=[N+]=Nc1ccc(C(=O)C(O)c2ccccc2)cc1. The van der Waals surface area contributed by atoms with Crippen molar-refractivity contribution in [1.82, 2.24) is 0 Å². The second-order valence-corrected chi connectivity index (χ2v) is 3.91. The standard InChI is InChI=1S/C14H11N3O2/c15-17-16-12-8-6-11(7-9-12)14(19)13(18)10-4-2-1-3-5-10/h1-9,13,18H. The molecule has 19 heavy (non-hydrogen) atoms. The number of azide groups is 1. The Morgan fingerprint density at radius 3 is 2.32 bits per heavy atom. The minimum Gasteiger partial charge on any atom is -0.380 e. The fraction of sp³-hybridized carbons (Fsp3) is 0.0714. The van der Waals surface area contributed by atoms with E-state index >= 15 is 0 Å². The van der Waals surface area contributed by atoms with E-state index in [-0.39, 0.29) is 0 Å². The molecule has 0 amide bonds. The van der Waals surface area contributed by atoms with Crippen LogP contribution in [0.3, 0.4) is 0 Å². The average molecular weight is 253 g/mol. The van der Waals surface area contributed by atoms with Crippen LogP contribution in [0.5, 0.6) is 0 Å². The number of carbonyl (C=O) groups excluding carboxylic acids is 1. The van der Waals surface area contributed by atoms with Crippen LogP contribution in [0, 0.1) is 0 Å². The van der Waals surface area contributed by atoms with Gasteiger partial charge in [-0.15, -0.1) is 0 Å². The first-order chi connectivity index (χ1) is 9.22. The highest BCUT2D eigenvalue weighted by Crippen LogP contribution is 2.20. The predicted octanol–water partition coefficient (Wildman–Crippen LogP) is 3.54. The quantitative estimate of drug-likeness (QED) is 0.391. The van der Waals surface area contributed by atoms with Crippen molar-refractivity contribution in [3.8, 4) is 0 Å². The van der Waals surface area contributed by atoms with E-state index in [0.29, 0.717) is 16.8 Å². The van der Waals surface area contributed by atoms with Crippen LogP contribution >= 0.6 is 0 Å². The highest BCUT2D eigenvalue weighted by molar-refractivity contribution is 6.00. The number of ketones is 1. The van der Waals surface area contributed by atoms with Crippen molar-refractivity contribution in [3.05, 3.63) is 76.2 Å². The molecule has 0 aliphatic rings. The predicted molar refractivity (Wildman–Crippen MR) is 71.0 cm³/mol. The van der Waals surface area contributed by atoms with Crippen LogP contribution in [0.25, 0.3) is 10.4 Å². The molecule has 1 N–H and O–H groups in total. The van der Waals surface area contributed by atoms with Crippen LogP contribution in [-0.2, 0) is 0 Å². The van der Waals surface area contributed by atoms with Gasteiger partial charge in [0, 0.05) is 16.2 Å². The summed E-state index contributed by atoms with van der Waals surface area (Å²) < 4.78 is 0. The molecule has 0 aromatic heterocycles. The van der Waals surface area contributed by atoms with Crippen molar-refractivity contribution in [3.63, 3.8) is 0 Å². The summed E-state index contributed by atoms with van der Waals surface area (Å²) in [7, 11) is 0. The molecule has 2 aromatic carbocycles. The molecule has 2 aromatic rings. The van der Waals surface area contributed by atoms with E-state index in [4.69, 9.17) is 5.53 Å². The smallest absolute Gasteiger partial charge is 0.195 e. The minimum absolute atomic E-state index is 0.369. The normalized spacial score (nSPS) is 11.4. The number of Topliss-reactive ketones (excluding diaryl/α,β-unsaturated/α-hetero) is 1. The summed E-state index contributed by atoms with van der Waals surface area (Å²) in [5.41, 5.74) is 9.63. The van der Waals surface area contributed by atoms with Gasteiger partial charge in [0.15, 0.2) is 5.78 Å². The van der Waals surface area contributed by atoms with E-state index in [2.05, 4.69) is 10.0 Å². The maximum Gasteiger partial charge on any atom is 0.195 e. The van der Waals surface area contributed by atoms with Gasteiger partial charge in [0.05, 0.1) is 0 Å². The average Bonchev–Trinajstić information content (AvgIpc) is 2.48. The number of hydrogen-bond donors (Lipinski definition) is 1. The number of aliphatic hydroxyl groups excluding tert-OH is 1. The minimum atomic E-state index is -1.19. The van der Waals surface area contributed by atoms with E-state index in [0.717, 1.165) is 0 Å². The van der Waals surface area contributed by atoms with Crippen molar-refractivity contribution in [2.24, 2.45) is 5.11 Å². The molecule has 2 rings (SSSR count). The monoisotopic (exact) mass is 253 g/mol. The Kier molecular flexibility index (Phi) is 3.93. The Bertz CT molecular complexity index is 617. The van der Waals surface area contributed by atoms with Gasteiger partial charge < -0.3 is 5.11 Å². The maximum atomic E-state index is 12.1. The van der Waals surface area contributed by atoms with E-state index in [9.17, 15) is 9.90 Å².